The summed E-state index contributed by atoms with van der Waals surface area (Å²) in [6.45, 7) is 1.06. The number of nitrogens with two attached hydrogens (primary N) is 1. The molecule has 5 rings (SSSR count). The first kappa shape index (κ1) is 19.9. The van der Waals surface area contributed by atoms with Gasteiger partial charge in [-0.1, -0.05) is 0 Å². The molecular weight excluding hydrogens is 409 g/mol. The fourth-order valence-electron chi connectivity index (χ4n) is 4.06. The minimum Gasteiger partial charge on any atom is -0.336 e. The van der Waals surface area contributed by atoms with Crippen LogP contribution in [-0.2, 0) is 7.05 Å². The first-order valence-corrected chi connectivity index (χ1v) is 10.2. The second kappa shape index (κ2) is 7.59. The lowest BCUT2D eigenvalue weighted by molar-refractivity contribution is 0.0785. The number of fused-ring (bicyclic) bond motifs is 1. The van der Waals surface area contributed by atoms with E-state index in [1.807, 2.05) is 31.3 Å². The molecule has 0 radical (unpaired) electrons. The summed E-state index contributed by atoms with van der Waals surface area (Å²) in [5.41, 5.74) is 8.35. The van der Waals surface area contributed by atoms with Gasteiger partial charge in [-0.25, -0.2) is 9.37 Å². The highest BCUT2D eigenvalue weighted by atomic mass is 19.1. The molecule has 3 heterocycles. The Hall–Kier alpha value is -4.03. The van der Waals surface area contributed by atoms with Crippen LogP contribution in [0.3, 0.4) is 0 Å². The molecule has 0 saturated carbocycles. The molecule has 0 unspecified atom stereocenters. The third kappa shape index (κ3) is 3.31. The maximum absolute atomic E-state index is 14.4. The number of aromatic nitrogens is 4. The number of carbonyl (C=O) groups excluding carboxylic acids is 1. The van der Waals surface area contributed by atoms with Crippen molar-refractivity contribution in [3.05, 3.63) is 65.9 Å². The van der Waals surface area contributed by atoms with E-state index in [-0.39, 0.29) is 23.2 Å². The number of halogens is 1. The number of likely N-dealkylation sites (tertiary alicyclic amines) is 1. The summed E-state index contributed by atoms with van der Waals surface area (Å²) in [4.78, 5) is 19.3. The van der Waals surface area contributed by atoms with E-state index in [1.165, 1.54) is 12.1 Å². The van der Waals surface area contributed by atoms with Crippen LogP contribution < -0.4 is 5.73 Å². The van der Waals surface area contributed by atoms with E-state index in [9.17, 15) is 9.18 Å². The zero-order chi connectivity index (χ0) is 22.4. The van der Waals surface area contributed by atoms with Gasteiger partial charge in [0, 0.05) is 49.0 Å². The topological polar surface area (TPSA) is 106 Å². The lowest BCUT2D eigenvalue weighted by Gasteiger charge is -2.13. The Balaban J connectivity index is 1.64. The van der Waals surface area contributed by atoms with Gasteiger partial charge in [-0.05, 0) is 42.8 Å². The molecule has 1 amide bonds. The summed E-state index contributed by atoms with van der Waals surface area (Å²) in [7, 11) is 1.86. The van der Waals surface area contributed by atoms with Gasteiger partial charge >= 0.3 is 0 Å². The van der Waals surface area contributed by atoms with Gasteiger partial charge in [-0.15, -0.1) is 0 Å². The second-order valence-electron chi connectivity index (χ2n) is 7.94. The van der Waals surface area contributed by atoms with Gasteiger partial charge in [0.25, 0.3) is 5.91 Å². The van der Waals surface area contributed by atoms with Crippen molar-refractivity contribution in [2.45, 2.75) is 12.5 Å². The number of rotatable bonds is 3. The molecule has 8 nitrogen and oxygen atoms in total. The Bertz CT molecular complexity index is 1400. The van der Waals surface area contributed by atoms with Crippen molar-refractivity contribution < 1.29 is 9.18 Å². The molecule has 1 aliphatic heterocycles. The fourth-order valence-corrected chi connectivity index (χ4v) is 4.06. The van der Waals surface area contributed by atoms with Crippen molar-refractivity contribution in [1.29, 1.82) is 5.26 Å². The summed E-state index contributed by atoms with van der Waals surface area (Å²) in [6.07, 6.45) is 4.17. The van der Waals surface area contributed by atoms with Crippen LogP contribution in [0, 0.1) is 17.1 Å². The van der Waals surface area contributed by atoms with Crippen molar-refractivity contribution in [2.75, 3.05) is 13.1 Å². The lowest BCUT2D eigenvalue weighted by Crippen LogP contribution is -2.32. The number of imidazole rings is 1. The number of nitrogens with zero attached hydrogens (tertiary/aromatic N) is 6. The number of carbonyl (C=O) groups is 1. The summed E-state index contributed by atoms with van der Waals surface area (Å²) < 4.78 is 17.9. The van der Waals surface area contributed by atoms with E-state index >= 15 is 0 Å². The van der Waals surface area contributed by atoms with E-state index < -0.39 is 5.82 Å². The Morgan fingerprint density at radius 2 is 2.12 bits per heavy atom. The van der Waals surface area contributed by atoms with Crippen LogP contribution in [0.25, 0.3) is 28.0 Å². The number of benzene rings is 2. The molecule has 2 aromatic carbocycles. The van der Waals surface area contributed by atoms with Gasteiger partial charge in [0.2, 0.25) is 0 Å². The van der Waals surface area contributed by atoms with Gasteiger partial charge < -0.3 is 10.6 Å². The summed E-state index contributed by atoms with van der Waals surface area (Å²) in [6, 6.07) is 11.9. The summed E-state index contributed by atoms with van der Waals surface area (Å²) in [5, 5.41) is 14.3. The minimum absolute atomic E-state index is 0.0406. The number of hydrogen-bond acceptors (Lipinski definition) is 5. The molecule has 1 aliphatic rings. The van der Waals surface area contributed by atoms with Gasteiger partial charge in [-0.3, -0.25) is 14.0 Å². The van der Waals surface area contributed by atoms with Crippen LogP contribution in [0.4, 0.5) is 4.39 Å². The van der Waals surface area contributed by atoms with Crippen LogP contribution >= 0.6 is 0 Å². The molecule has 2 N–H and O–H groups in total. The lowest BCUT2D eigenvalue weighted by atomic mass is 10.1. The number of amides is 1. The maximum Gasteiger partial charge on any atom is 0.274 e. The number of nitriles is 1. The largest absolute Gasteiger partial charge is 0.336 e. The standard InChI is InChI=1S/C23H20FN7O/c1-29-21-5-4-18(8-16(21)11-27-29)31-13-20(23(32)30-7-6-17(26)12-30)28-22(31)14-2-3-15(10-25)19(24)9-14/h2-5,8-9,11,13,17H,6-7,12,26H2,1H3/t17-/m0/s1. The zero-order valence-electron chi connectivity index (χ0n) is 17.4. The van der Waals surface area contributed by atoms with Gasteiger partial charge in [-0.2, -0.15) is 10.4 Å². The molecule has 1 atom stereocenters. The molecule has 9 heteroatoms. The van der Waals surface area contributed by atoms with E-state index in [2.05, 4.69) is 10.1 Å². The quantitative estimate of drug-likeness (QED) is 0.539. The van der Waals surface area contributed by atoms with E-state index in [1.54, 1.807) is 32.6 Å². The molecular formula is C23H20FN7O. The molecule has 4 aromatic rings. The summed E-state index contributed by atoms with van der Waals surface area (Å²) in [5.74, 6) is -0.446. The Morgan fingerprint density at radius 3 is 2.84 bits per heavy atom. The predicted molar refractivity (Wildman–Crippen MR) is 116 cm³/mol. The fraction of sp³-hybridized carbons (Fsp3) is 0.217. The van der Waals surface area contributed by atoms with Crippen LogP contribution in [0.2, 0.25) is 0 Å². The van der Waals surface area contributed by atoms with Crippen molar-refractivity contribution >= 4 is 16.8 Å². The highest BCUT2D eigenvalue weighted by Gasteiger charge is 2.27. The number of aryl methyl sites for hydroxylation is 1. The third-order valence-corrected chi connectivity index (χ3v) is 5.79. The molecule has 2 aromatic heterocycles. The van der Waals surface area contributed by atoms with E-state index in [0.717, 1.165) is 23.0 Å². The Labute approximate surface area is 183 Å². The van der Waals surface area contributed by atoms with Gasteiger partial charge in [0.1, 0.15) is 23.4 Å². The van der Waals surface area contributed by atoms with Crippen LogP contribution in [0.1, 0.15) is 22.5 Å². The maximum atomic E-state index is 14.4. The Morgan fingerprint density at radius 1 is 1.28 bits per heavy atom. The predicted octanol–water partition coefficient (Wildman–Crippen LogP) is 2.61. The molecule has 1 saturated heterocycles. The molecule has 0 spiro atoms. The SMILES string of the molecule is Cn1ncc2cc(-n3cc(C(=O)N4CC[C@H](N)C4)nc3-c3ccc(C#N)c(F)c3)ccc21. The third-order valence-electron chi connectivity index (χ3n) is 5.79. The first-order chi connectivity index (χ1) is 15.4. The number of hydrogen-bond donors (Lipinski definition) is 1. The van der Waals surface area contributed by atoms with E-state index in [4.69, 9.17) is 11.0 Å². The average molecular weight is 429 g/mol. The van der Waals surface area contributed by atoms with Crippen LogP contribution in [0.5, 0.6) is 0 Å². The van der Waals surface area contributed by atoms with E-state index in [0.29, 0.717) is 24.5 Å². The summed E-state index contributed by atoms with van der Waals surface area (Å²) >= 11 is 0. The first-order valence-electron chi connectivity index (χ1n) is 10.2. The molecule has 1 fully saturated rings. The van der Waals surface area contributed by atoms with Crippen molar-refractivity contribution in [3.63, 3.8) is 0 Å². The van der Waals surface area contributed by atoms with Crippen LogP contribution in [0.15, 0.2) is 48.8 Å². The van der Waals surface area contributed by atoms with Crippen molar-refractivity contribution in [1.82, 2.24) is 24.2 Å². The van der Waals surface area contributed by atoms with Crippen molar-refractivity contribution in [3.8, 4) is 23.1 Å². The van der Waals surface area contributed by atoms with Crippen molar-refractivity contribution in [2.24, 2.45) is 12.8 Å². The molecule has 160 valence electrons. The smallest absolute Gasteiger partial charge is 0.274 e. The molecule has 0 bridgehead atoms. The highest BCUT2D eigenvalue weighted by molar-refractivity contribution is 5.93. The van der Waals surface area contributed by atoms with Gasteiger partial charge in [0.05, 0.1) is 17.3 Å². The monoisotopic (exact) mass is 429 g/mol. The minimum atomic E-state index is -0.638. The average Bonchev–Trinajstić information content (AvgIpc) is 3.52. The normalized spacial score (nSPS) is 15.9. The van der Waals surface area contributed by atoms with Crippen LogP contribution in [-0.4, -0.2) is 49.3 Å². The molecule has 32 heavy (non-hydrogen) atoms. The zero-order valence-corrected chi connectivity index (χ0v) is 17.4. The highest BCUT2D eigenvalue weighted by Crippen LogP contribution is 2.27. The van der Waals surface area contributed by atoms with Gasteiger partial charge in [0.15, 0.2) is 0 Å². The second-order valence-corrected chi connectivity index (χ2v) is 7.94. The molecule has 0 aliphatic carbocycles. The Kier molecular flexibility index (Phi) is 4.72.